The Morgan fingerprint density at radius 1 is 1.04 bits per heavy atom. The molecule has 148 valence electrons. The summed E-state index contributed by atoms with van der Waals surface area (Å²) < 4.78 is 7.92. The van der Waals surface area contributed by atoms with E-state index in [9.17, 15) is 4.79 Å². The minimum absolute atomic E-state index is 0.0877. The highest BCUT2D eigenvalue weighted by Crippen LogP contribution is 2.20. The van der Waals surface area contributed by atoms with Gasteiger partial charge in [-0.05, 0) is 58.9 Å². The lowest BCUT2D eigenvalue weighted by atomic mass is 10.2. The number of para-hydroxylation sites is 2. The van der Waals surface area contributed by atoms with Gasteiger partial charge in [0.1, 0.15) is 24.7 Å². The van der Waals surface area contributed by atoms with E-state index in [0.717, 1.165) is 22.6 Å². The number of benzene rings is 2. The smallest absolute Gasteiger partial charge is 0.243 e. The highest BCUT2D eigenvalue weighted by Gasteiger charge is 2.22. The maximum atomic E-state index is 13.0. The SMILES string of the molecule is Cc1ccc(OCc2nc3ccccc3n2CC(=O)N(C(C)C)C(C)C)cc1. The van der Waals surface area contributed by atoms with E-state index in [2.05, 4.69) is 0 Å². The quantitative estimate of drug-likeness (QED) is 0.604. The minimum atomic E-state index is 0.0877. The van der Waals surface area contributed by atoms with Gasteiger partial charge in [0.05, 0.1) is 11.0 Å². The molecule has 0 spiro atoms. The molecule has 3 rings (SSSR count). The first kappa shape index (κ1) is 19.9. The van der Waals surface area contributed by atoms with E-state index in [1.807, 2.05) is 92.6 Å². The van der Waals surface area contributed by atoms with Crippen LogP contribution in [-0.4, -0.2) is 32.4 Å². The van der Waals surface area contributed by atoms with Crippen LogP contribution in [0.5, 0.6) is 5.75 Å². The number of carbonyl (C=O) groups excluding carboxylic acids is 1. The molecule has 3 aromatic rings. The van der Waals surface area contributed by atoms with Gasteiger partial charge in [-0.15, -0.1) is 0 Å². The third kappa shape index (κ3) is 4.35. The first-order valence-corrected chi connectivity index (χ1v) is 9.81. The number of carbonyl (C=O) groups is 1. The molecule has 0 N–H and O–H groups in total. The van der Waals surface area contributed by atoms with Crippen LogP contribution in [0, 0.1) is 6.92 Å². The number of hydrogen-bond acceptors (Lipinski definition) is 3. The monoisotopic (exact) mass is 379 g/mol. The zero-order chi connectivity index (χ0) is 20.3. The molecular formula is C23H29N3O2. The van der Waals surface area contributed by atoms with Crippen LogP contribution < -0.4 is 4.74 Å². The van der Waals surface area contributed by atoms with Gasteiger partial charge in [0, 0.05) is 12.1 Å². The maximum Gasteiger partial charge on any atom is 0.243 e. The fourth-order valence-electron chi connectivity index (χ4n) is 3.58. The number of fused-ring (bicyclic) bond motifs is 1. The third-order valence-electron chi connectivity index (χ3n) is 4.82. The Bertz CT molecular complexity index is 934. The van der Waals surface area contributed by atoms with Crippen molar-refractivity contribution in [2.24, 2.45) is 0 Å². The average molecular weight is 380 g/mol. The summed E-state index contributed by atoms with van der Waals surface area (Å²) in [5.41, 5.74) is 3.01. The molecule has 1 amide bonds. The van der Waals surface area contributed by atoms with Crippen molar-refractivity contribution in [1.82, 2.24) is 14.5 Å². The number of nitrogens with zero attached hydrogens (tertiary/aromatic N) is 3. The van der Waals surface area contributed by atoms with E-state index in [1.54, 1.807) is 0 Å². The van der Waals surface area contributed by atoms with Crippen molar-refractivity contribution in [3.63, 3.8) is 0 Å². The van der Waals surface area contributed by atoms with Gasteiger partial charge < -0.3 is 14.2 Å². The molecule has 0 fully saturated rings. The lowest BCUT2D eigenvalue weighted by Gasteiger charge is -2.31. The Labute approximate surface area is 166 Å². The third-order valence-corrected chi connectivity index (χ3v) is 4.82. The highest BCUT2D eigenvalue weighted by atomic mass is 16.5. The first-order valence-electron chi connectivity index (χ1n) is 9.81. The summed E-state index contributed by atoms with van der Waals surface area (Å²) in [5.74, 6) is 1.63. The van der Waals surface area contributed by atoms with Gasteiger partial charge in [-0.1, -0.05) is 29.8 Å². The number of ether oxygens (including phenoxy) is 1. The highest BCUT2D eigenvalue weighted by molar-refractivity contribution is 5.81. The molecule has 1 heterocycles. The molecule has 0 aliphatic heterocycles. The van der Waals surface area contributed by atoms with Crippen molar-refractivity contribution in [3.8, 4) is 5.75 Å². The molecule has 1 aromatic heterocycles. The molecular weight excluding hydrogens is 350 g/mol. The van der Waals surface area contributed by atoms with E-state index in [4.69, 9.17) is 9.72 Å². The lowest BCUT2D eigenvalue weighted by Crippen LogP contribution is -2.43. The molecule has 0 unspecified atom stereocenters. The van der Waals surface area contributed by atoms with Crippen LogP contribution >= 0.6 is 0 Å². The molecule has 0 aliphatic carbocycles. The molecule has 5 nitrogen and oxygen atoms in total. The van der Waals surface area contributed by atoms with E-state index in [0.29, 0.717) is 6.61 Å². The summed E-state index contributed by atoms with van der Waals surface area (Å²) >= 11 is 0. The van der Waals surface area contributed by atoms with E-state index in [-0.39, 0.29) is 24.5 Å². The van der Waals surface area contributed by atoms with Crippen molar-refractivity contribution in [2.45, 2.75) is 59.9 Å². The van der Waals surface area contributed by atoms with Crippen LogP contribution in [0.4, 0.5) is 0 Å². The Hall–Kier alpha value is -2.82. The molecule has 0 atom stereocenters. The van der Waals surface area contributed by atoms with Crippen molar-refractivity contribution in [2.75, 3.05) is 0 Å². The van der Waals surface area contributed by atoms with Crippen LogP contribution in [0.1, 0.15) is 39.1 Å². The van der Waals surface area contributed by atoms with Crippen LogP contribution in [0.15, 0.2) is 48.5 Å². The molecule has 5 heteroatoms. The summed E-state index contributed by atoms with van der Waals surface area (Å²) in [4.78, 5) is 19.7. The van der Waals surface area contributed by atoms with Crippen molar-refractivity contribution in [3.05, 3.63) is 59.9 Å². The van der Waals surface area contributed by atoms with E-state index in [1.165, 1.54) is 5.56 Å². The zero-order valence-electron chi connectivity index (χ0n) is 17.3. The number of hydrogen-bond donors (Lipinski definition) is 0. The average Bonchev–Trinajstić information content (AvgIpc) is 2.98. The molecule has 0 bridgehead atoms. The van der Waals surface area contributed by atoms with Gasteiger partial charge in [-0.25, -0.2) is 4.98 Å². The summed E-state index contributed by atoms with van der Waals surface area (Å²) in [6.07, 6.45) is 0. The van der Waals surface area contributed by atoms with Gasteiger partial charge in [0.25, 0.3) is 0 Å². The zero-order valence-corrected chi connectivity index (χ0v) is 17.3. The number of amides is 1. The van der Waals surface area contributed by atoms with Gasteiger partial charge in [0.2, 0.25) is 5.91 Å². The summed E-state index contributed by atoms with van der Waals surface area (Å²) in [6, 6.07) is 16.1. The standard InChI is InChI=1S/C23H29N3O2/c1-16(2)26(17(3)4)23(27)14-25-21-9-7-6-8-20(21)24-22(25)15-28-19-12-10-18(5)11-13-19/h6-13,16-17H,14-15H2,1-5H3. The Morgan fingerprint density at radius 2 is 1.68 bits per heavy atom. The molecule has 0 saturated heterocycles. The second kappa shape index (κ2) is 8.46. The largest absolute Gasteiger partial charge is 0.486 e. The first-order chi connectivity index (χ1) is 13.4. The normalized spacial score (nSPS) is 11.4. The molecule has 28 heavy (non-hydrogen) atoms. The predicted molar refractivity (Wildman–Crippen MR) is 112 cm³/mol. The lowest BCUT2D eigenvalue weighted by molar-refractivity contribution is -0.135. The number of aromatic nitrogens is 2. The summed E-state index contributed by atoms with van der Waals surface area (Å²) in [7, 11) is 0. The molecule has 0 radical (unpaired) electrons. The Morgan fingerprint density at radius 3 is 2.32 bits per heavy atom. The van der Waals surface area contributed by atoms with E-state index < -0.39 is 0 Å². The van der Waals surface area contributed by atoms with Gasteiger partial charge in [-0.2, -0.15) is 0 Å². The van der Waals surface area contributed by atoms with E-state index >= 15 is 0 Å². The Kier molecular flexibility index (Phi) is 6.02. The van der Waals surface area contributed by atoms with Crippen molar-refractivity contribution in [1.29, 1.82) is 0 Å². The van der Waals surface area contributed by atoms with Gasteiger partial charge in [-0.3, -0.25) is 4.79 Å². The Balaban J connectivity index is 1.88. The predicted octanol–water partition coefficient (Wildman–Crippen LogP) is 4.57. The van der Waals surface area contributed by atoms with Crippen LogP contribution in [0.2, 0.25) is 0 Å². The fraction of sp³-hybridized carbons (Fsp3) is 0.391. The fourth-order valence-corrected chi connectivity index (χ4v) is 3.58. The second-order valence-corrected chi connectivity index (χ2v) is 7.69. The number of rotatable bonds is 7. The van der Waals surface area contributed by atoms with Crippen LogP contribution in [0.25, 0.3) is 11.0 Å². The molecule has 2 aromatic carbocycles. The number of imidazole rings is 1. The van der Waals surface area contributed by atoms with Crippen molar-refractivity contribution < 1.29 is 9.53 Å². The van der Waals surface area contributed by atoms with Gasteiger partial charge >= 0.3 is 0 Å². The molecule has 0 saturated carbocycles. The van der Waals surface area contributed by atoms with Crippen molar-refractivity contribution >= 4 is 16.9 Å². The summed E-state index contributed by atoms with van der Waals surface area (Å²) in [5, 5.41) is 0. The summed E-state index contributed by atoms with van der Waals surface area (Å²) in [6.45, 7) is 10.8. The maximum absolute atomic E-state index is 13.0. The molecule has 0 aliphatic rings. The number of aryl methyl sites for hydroxylation is 1. The minimum Gasteiger partial charge on any atom is -0.486 e. The van der Waals surface area contributed by atoms with Gasteiger partial charge in [0.15, 0.2) is 0 Å². The topological polar surface area (TPSA) is 47.4 Å². The van der Waals surface area contributed by atoms with Crippen LogP contribution in [-0.2, 0) is 17.9 Å². The van der Waals surface area contributed by atoms with Crippen LogP contribution in [0.3, 0.4) is 0 Å². The second-order valence-electron chi connectivity index (χ2n) is 7.69.